The van der Waals surface area contributed by atoms with Crippen LogP contribution in [-0.2, 0) is 4.79 Å². The van der Waals surface area contributed by atoms with Crippen LogP contribution in [0.5, 0.6) is 5.75 Å². The molecule has 0 saturated heterocycles. The molecule has 4 nitrogen and oxygen atoms in total. The molecule has 2 aromatic carbocycles. The number of halogens is 2. The molecule has 2 rings (SSSR count). The molecule has 0 fully saturated rings. The predicted molar refractivity (Wildman–Crippen MR) is 107 cm³/mol. The Hall–Kier alpha value is -2.73. The number of benzene rings is 2. The lowest BCUT2D eigenvalue weighted by atomic mass is 10.1. The number of hydrogen-bond donors (Lipinski definition) is 1. The first-order chi connectivity index (χ1) is 12.4. The molecule has 26 heavy (non-hydrogen) atoms. The lowest BCUT2D eigenvalue weighted by Crippen LogP contribution is -2.14. The second kappa shape index (κ2) is 9.10. The Balaban J connectivity index is 2.32. The van der Waals surface area contributed by atoms with Crippen molar-refractivity contribution in [2.24, 2.45) is 0 Å². The van der Waals surface area contributed by atoms with E-state index in [4.69, 9.17) is 22.8 Å². The van der Waals surface area contributed by atoms with Gasteiger partial charge in [0.25, 0.3) is 5.91 Å². The quantitative estimate of drug-likeness (QED) is 0.415. The smallest absolute Gasteiger partial charge is 0.266 e. The molecule has 2 aromatic rings. The normalized spacial score (nSPS) is 10.6. The van der Waals surface area contributed by atoms with E-state index < -0.39 is 5.91 Å². The van der Waals surface area contributed by atoms with Crippen LogP contribution in [0.4, 0.5) is 5.69 Å². The van der Waals surface area contributed by atoms with Crippen molar-refractivity contribution in [3.05, 3.63) is 62.6 Å². The van der Waals surface area contributed by atoms with Crippen LogP contribution in [0.25, 0.3) is 6.08 Å². The molecule has 0 heterocycles. The van der Waals surface area contributed by atoms with Crippen molar-refractivity contribution in [2.45, 2.75) is 6.92 Å². The van der Waals surface area contributed by atoms with Gasteiger partial charge in [-0.1, -0.05) is 33.5 Å². The summed E-state index contributed by atoms with van der Waals surface area (Å²) in [5, 5.41) is 12.7. The topological polar surface area (TPSA) is 62.1 Å². The summed E-state index contributed by atoms with van der Waals surface area (Å²) in [6, 6.07) is 12.2. The minimum absolute atomic E-state index is 0.0667. The van der Waals surface area contributed by atoms with E-state index in [1.54, 1.807) is 36.4 Å². The van der Waals surface area contributed by atoms with Gasteiger partial charge in [0.2, 0.25) is 0 Å². The number of ether oxygens (including phenoxy) is 1. The number of rotatable bonds is 5. The summed E-state index contributed by atoms with van der Waals surface area (Å²) in [5.74, 6) is 2.34. The third-order valence-corrected chi connectivity index (χ3v) is 4.11. The van der Waals surface area contributed by atoms with Crippen molar-refractivity contribution in [3.63, 3.8) is 0 Å². The molecule has 130 valence electrons. The molecule has 0 bridgehead atoms. The molecule has 0 spiro atoms. The Morgan fingerprint density at radius 3 is 2.81 bits per heavy atom. The minimum Gasteiger partial charge on any atom is -0.480 e. The zero-order chi connectivity index (χ0) is 19.1. The van der Waals surface area contributed by atoms with Gasteiger partial charge in [-0.2, -0.15) is 5.26 Å². The van der Waals surface area contributed by atoms with Gasteiger partial charge in [0.05, 0.1) is 0 Å². The monoisotopic (exact) mass is 428 g/mol. The zero-order valence-electron chi connectivity index (χ0n) is 13.8. The maximum atomic E-state index is 12.5. The molecule has 0 atom stereocenters. The fourth-order valence-electron chi connectivity index (χ4n) is 2.14. The number of aryl methyl sites for hydroxylation is 1. The predicted octanol–water partition coefficient (Wildman–Crippen LogP) is 4.97. The highest BCUT2D eigenvalue weighted by atomic mass is 79.9. The summed E-state index contributed by atoms with van der Waals surface area (Å²) < 4.78 is 6.24. The number of nitriles is 1. The average Bonchev–Trinajstić information content (AvgIpc) is 2.61. The molecule has 0 radical (unpaired) electrons. The summed E-state index contributed by atoms with van der Waals surface area (Å²) in [6.07, 6.45) is 6.67. The van der Waals surface area contributed by atoms with Crippen LogP contribution in [-0.4, -0.2) is 12.5 Å². The molecule has 0 aromatic heterocycles. The van der Waals surface area contributed by atoms with E-state index in [0.717, 1.165) is 10.0 Å². The van der Waals surface area contributed by atoms with E-state index >= 15 is 0 Å². The Kier molecular flexibility index (Phi) is 6.86. The largest absolute Gasteiger partial charge is 0.480 e. The summed E-state index contributed by atoms with van der Waals surface area (Å²) in [7, 11) is 0. The van der Waals surface area contributed by atoms with E-state index in [-0.39, 0.29) is 12.2 Å². The number of hydrogen-bond acceptors (Lipinski definition) is 3. The van der Waals surface area contributed by atoms with Gasteiger partial charge >= 0.3 is 0 Å². The molecule has 0 aliphatic rings. The molecule has 0 aliphatic carbocycles. The SMILES string of the molecule is C#CCOc1ccc(Br)cc1/C=C(\C#N)C(=O)Nc1ccc(Cl)cc1C. The summed E-state index contributed by atoms with van der Waals surface area (Å²) in [4.78, 5) is 12.5. The van der Waals surface area contributed by atoms with Crippen LogP contribution in [0, 0.1) is 30.6 Å². The van der Waals surface area contributed by atoms with Crippen LogP contribution in [0.15, 0.2) is 46.4 Å². The number of nitrogens with zero attached hydrogens (tertiary/aromatic N) is 1. The standard InChI is InChI=1S/C20H14BrClN2O2/c1-3-8-26-19-7-4-16(21)11-14(19)10-15(12-23)20(25)24-18-6-5-17(22)9-13(18)2/h1,4-7,9-11H,8H2,2H3,(H,24,25)/b15-10+. The molecular formula is C20H14BrClN2O2. The number of carbonyl (C=O) groups excluding carboxylic acids is 1. The molecule has 0 unspecified atom stereocenters. The fourth-order valence-corrected chi connectivity index (χ4v) is 2.75. The first kappa shape index (κ1) is 19.6. The number of anilines is 1. The highest BCUT2D eigenvalue weighted by Gasteiger charge is 2.13. The number of carbonyl (C=O) groups is 1. The highest BCUT2D eigenvalue weighted by Crippen LogP contribution is 2.26. The summed E-state index contributed by atoms with van der Waals surface area (Å²) >= 11 is 9.28. The van der Waals surface area contributed by atoms with Crippen LogP contribution in [0.3, 0.4) is 0 Å². The maximum Gasteiger partial charge on any atom is 0.266 e. The van der Waals surface area contributed by atoms with Crippen molar-refractivity contribution in [1.82, 2.24) is 0 Å². The van der Waals surface area contributed by atoms with Crippen molar-refractivity contribution in [1.29, 1.82) is 5.26 Å². The van der Waals surface area contributed by atoms with Crippen LogP contribution in [0.1, 0.15) is 11.1 Å². The highest BCUT2D eigenvalue weighted by molar-refractivity contribution is 9.10. The Morgan fingerprint density at radius 1 is 1.38 bits per heavy atom. The van der Waals surface area contributed by atoms with Gasteiger partial charge in [-0.25, -0.2) is 0 Å². The fraction of sp³-hybridized carbons (Fsp3) is 0.100. The zero-order valence-corrected chi connectivity index (χ0v) is 16.2. The average molecular weight is 430 g/mol. The van der Waals surface area contributed by atoms with Crippen molar-refractivity contribution < 1.29 is 9.53 Å². The van der Waals surface area contributed by atoms with Gasteiger partial charge < -0.3 is 10.1 Å². The van der Waals surface area contributed by atoms with Crippen LogP contribution >= 0.6 is 27.5 Å². The molecule has 6 heteroatoms. The Bertz CT molecular complexity index is 955. The summed E-state index contributed by atoms with van der Waals surface area (Å²) in [5.41, 5.74) is 1.87. The van der Waals surface area contributed by atoms with E-state index in [1.165, 1.54) is 6.08 Å². The van der Waals surface area contributed by atoms with E-state index in [1.807, 2.05) is 13.0 Å². The Labute approximate surface area is 165 Å². The molecule has 0 aliphatic heterocycles. The maximum absolute atomic E-state index is 12.5. The van der Waals surface area contributed by atoms with Crippen molar-refractivity contribution in [2.75, 3.05) is 11.9 Å². The molecular weight excluding hydrogens is 416 g/mol. The minimum atomic E-state index is -0.527. The number of terminal acetylenes is 1. The van der Waals surface area contributed by atoms with Crippen LogP contribution < -0.4 is 10.1 Å². The number of amides is 1. The van der Waals surface area contributed by atoms with Crippen molar-refractivity contribution >= 4 is 45.2 Å². The van der Waals surface area contributed by atoms with Gasteiger partial charge in [0.1, 0.15) is 24.0 Å². The third kappa shape index (κ3) is 5.13. The molecule has 1 N–H and O–H groups in total. The first-order valence-electron chi connectivity index (χ1n) is 7.49. The third-order valence-electron chi connectivity index (χ3n) is 3.38. The van der Waals surface area contributed by atoms with Crippen LogP contribution in [0.2, 0.25) is 5.02 Å². The second-order valence-electron chi connectivity index (χ2n) is 5.26. The van der Waals surface area contributed by atoms with Gasteiger partial charge in [0, 0.05) is 20.7 Å². The second-order valence-corrected chi connectivity index (χ2v) is 6.61. The summed E-state index contributed by atoms with van der Waals surface area (Å²) in [6.45, 7) is 1.90. The molecule has 0 saturated carbocycles. The van der Waals surface area contributed by atoms with E-state index in [9.17, 15) is 10.1 Å². The lowest BCUT2D eigenvalue weighted by Gasteiger charge is -2.10. The Morgan fingerprint density at radius 2 is 2.15 bits per heavy atom. The van der Waals surface area contributed by atoms with Gasteiger partial charge in [0.15, 0.2) is 0 Å². The molecule has 1 amide bonds. The van der Waals surface area contributed by atoms with Gasteiger partial charge in [-0.05, 0) is 55.0 Å². The van der Waals surface area contributed by atoms with Gasteiger partial charge in [-0.3, -0.25) is 4.79 Å². The van der Waals surface area contributed by atoms with Gasteiger partial charge in [-0.15, -0.1) is 6.42 Å². The van der Waals surface area contributed by atoms with E-state index in [2.05, 4.69) is 27.2 Å². The van der Waals surface area contributed by atoms with Crippen molar-refractivity contribution in [3.8, 4) is 24.2 Å². The first-order valence-corrected chi connectivity index (χ1v) is 8.67. The lowest BCUT2D eigenvalue weighted by molar-refractivity contribution is -0.112. The number of nitrogens with one attached hydrogen (secondary N) is 1. The van der Waals surface area contributed by atoms with E-state index in [0.29, 0.717) is 22.0 Å².